The minimum Gasteiger partial charge on any atom is -0.465 e. The fourth-order valence-corrected chi connectivity index (χ4v) is 2.22. The second-order valence-electron chi connectivity index (χ2n) is 5.10. The predicted octanol–water partition coefficient (Wildman–Crippen LogP) is 3.52. The van der Waals surface area contributed by atoms with E-state index in [1.165, 1.54) is 49.7 Å². The molecule has 6 nitrogen and oxygen atoms in total. The minimum absolute atomic E-state index is 0.212. The maximum Gasteiger partial charge on any atom is 0.337 e. The summed E-state index contributed by atoms with van der Waals surface area (Å²) in [5.74, 6) is -1.05. The van der Waals surface area contributed by atoms with Gasteiger partial charge in [-0.05, 0) is 48.5 Å². The molecule has 1 heterocycles. The molecule has 3 aromatic rings. The zero-order chi connectivity index (χ0) is 17.8. The Morgan fingerprint density at radius 2 is 1.76 bits per heavy atom. The van der Waals surface area contributed by atoms with Crippen LogP contribution in [0.25, 0.3) is 11.3 Å². The minimum atomic E-state index is -0.462. The quantitative estimate of drug-likeness (QED) is 0.735. The van der Waals surface area contributed by atoms with Crippen molar-refractivity contribution in [3.8, 4) is 11.3 Å². The molecule has 0 unspecified atom stereocenters. The van der Waals surface area contributed by atoms with E-state index in [0.29, 0.717) is 16.8 Å². The first kappa shape index (κ1) is 16.4. The van der Waals surface area contributed by atoms with Crippen molar-refractivity contribution in [2.75, 3.05) is 12.4 Å². The number of halogens is 1. The van der Waals surface area contributed by atoms with Gasteiger partial charge in [0.25, 0.3) is 5.91 Å². The number of nitrogens with zero attached hydrogens (tertiary/aromatic N) is 1. The third kappa shape index (κ3) is 3.55. The van der Waals surface area contributed by atoms with Gasteiger partial charge in [-0.1, -0.05) is 5.16 Å². The monoisotopic (exact) mass is 340 g/mol. The summed E-state index contributed by atoms with van der Waals surface area (Å²) in [5, 5.41) is 6.33. The molecule has 1 aromatic heterocycles. The summed E-state index contributed by atoms with van der Waals surface area (Å²) in [6.45, 7) is 0. The zero-order valence-electron chi connectivity index (χ0n) is 13.2. The van der Waals surface area contributed by atoms with E-state index in [0.717, 1.165) is 0 Å². The van der Waals surface area contributed by atoms with Crippen LogP contribution in [-0.4, -0.2) is 24.1 Å². The van der Waals surface area contributed by atoms with Crippen LogP contribution in [0.5, 0.6) is 0 Å². The van der Waals surface area contributed by atoms with Crippen LogP contribution in [0.15, 0.2) is 59.3 Å². The molecule has 0 aliphatic carbocycles. The molecule has 1 amide bonds. The number of hydrogen-bond donors (Lipinski definition) is 1. The van der Waals surface area contributed by atoms with E-state index in [1.54, 1.807) is 12.1 Å². The zero-order valence-corrected chi connectivity index (χ0v) is 13.2. The Morgan fingerprint density at radius 1 is 1.08 bits per heavy atom. The summed E-state index contributed by atoms with van der Waals surface area (Å²) >= 11 is 0. The summed E-state index contributed by atoms with van der Waals surface area (Å²) in [4.78, 5) is 23.8. The average molecular weight is 340 g/mol. The largest absolute Gasteiger partial charge is 0.465 e. The molecule has 0 atom stereocenters. The van der Waals surface area contributed by atoms with Crippen molar-refractivity contribution in [1.29, 1.82) is 0 Å². The lowest BCUT2D eigenvalue weighted by molar-refractivity contribution is 0.0600. The Kier molecular flexibility index (Phi) is 4.56. The van der Waals surface area contributed by atoms with E-state index in [4.69, 9.17) is 4.52 Å². The molecule has 3 rings (SSSR count). The van der Waals surface area contributed by atoms with Crippen LogP contribution in [0.2, 0.25) is 0 Å². The van der Waals surface area contributed by atoms with Gasteiger partial charge >= 0.3 is 5.97 Å². The number of carbonyl (C=O) groups excluding carboxylic acids is 2. The number of amides is 1. The molecule has 126 valence electrons. The van der Waals surface area contributed by atoms with E-state index in [1.807, 2.05) is 0 Å². The van der Waals surface area contributed by atoms with E-state index >= 15 is 0 Å². The molecule has 0 aliphatic rings. The maximum atomic E-state index is 13.0. The number of ether oxygens (including phenoxy) is 1. The fraction of sp³-hybridized carbons (Fsp3) is 0.0556. The lowest BCUT2D eigenvalue weighted by Gasteiger charge is -2.06. The van der Waals surface area contributed by atoms with Gasteiger partial charge in [-0.3, -0.25) is 4.79 Å². The predicted molar refractivity (Wildman–Crippen MR) is 87.6 cm³/mol. The van der Waals surface area contributed by atoms with Crippen molar-refractivity contribution >= 4 is 17.6 Å². The highest BCUT2D eigenvalue weighted by atomic mass is 19.1. The topological polar surface area (TPSA) is 81.4 Å². The highest BCUT2D eigenvalue weighted by Gasteiger charge is 2.18. The number of carbonyl (C=O) groups is 2. The van der Waals surface area contributed by atoms with E-state index in [-0.39, 0.29) is 17.1 Å². The number of rotatable bonds is 4. The van der Waals surface area contributed by atoms with Gasteiger partial charge in [-0.25, -0.2) is 9.18 Å². The third-order valence-corrected chi connectivity index (χ3v) is 3.49. The highest BCUT2D eigenvalue weighted by Crippen LogP contribution is 2.24. The number of hydrogen-bond acceptors (Lipinski definition) is 5. The molecule has 25 heavy (non-hydrogen) atoms. The smallest absolute Gasteiger partial charge is 0.337 e. The van der Waals surface area contributed by atoms with Gasteiger partial charge in [0.15, 0.2) is 5.76 Å². The van der Waals surface area contributed by atoms with Crippen molar-refractivity contribution in [3.05, 3.63) is 71.7 Å². The Morgan fingerprint density at radius 3 is 2.40 bits per heavy atom. The first-order valence-corrected chi connectivity index (χ1v) is 7.29. The van der Waals surface area contributed by atoms with Gasteiger partial charge in [-0.15, -0.1) is 0 Å². The number of methoxy groups -OCH3 is 1. The van der Waals surface area contributed by atoms with Gasteiger partial charge in [0.2, 0.25) is 0 Å². The Labute approximate surface area is 142 Å². The highest BCUT2D eigenvalue weighted by molar-refractivity contribution is 6.07. The van der Waals surface area contributed by atoms with Crippen LogP contribution in [0.4, 0.5) is 10.1 Å². The fourth-order valence-electron chi connectivity index (χ4n) is 2.22. The van der Waals surface area contributed by atoms with Gasteiger partial charge in [0.05, 0.1) is 18.9 Å². The van der Waals surface area contributed by atoms with Crippen LogP contribution in [0.1, 0.15) is 20.7 Å². The normalized spacial score (nSPS) is 10.3. The Balaban J connectivity index is 1.79. The van der Waals surface area contributed by atoms with E-state index in [9.17, 15) is 14.0 Å². The first-order valence-electron chi connectivity index (χ1n) is 7.29. The SMILES string of the molecule is COC(=O)c1ccc(NC(=O)c2cnoc2-c2ccc(F)cc2)cc1. The number of anilines is 1. The molecule has 0 fully saturated rings. The molecule has 0 spiro atoms. The van der Waals surface area contributed by atoms with E-state index < -0.39 is 11.9 Å². The number of benzene rings is 2. The van der Waals surface area contributed by atoms with Crippen molar-refractivity contribution in [2.24, 2.45) is 0 Å². The summed E-state index contributed by atoms with van der Waals surface area (Å²) in [5.41, 5.74) is 1.61. The Hall–Kier alpha value is -3.48. The lowest BCUT2D eigenvalue weighted by atomic mass is 10.1. The summed E-state index contributed by atoms with van der Waals surface area (Å²) < 4.78 is 22.8. The van der Waals surface area contributed by atoms with Crippen molar-refractivity contribution in [1.82, 2.24) is 5.16 Å². The van der Waals surface area contributed by atoms with Crippen LogP contribution in [0.3, 0.4) is 0 Å². The third-order valence-electron chi connectivity index (χ3n) is 3.49. The molecule has 1 N–H and O–H groups in total. The van der Waals surface area contributed by atoms with E-state index in [2.05, 4.69) is 15.2 Å². The Bertz CT molecular complexity index is 902. The maximum absolute atomic E-state index is 13.0. The van der Waals surface area contributed by atoms with Gasteiger partial charge in [0, 0.05) is 11.3 Å². The van der Waals surface area contributed by atoms with Gasteiger partial charge in [0.1, 0.15) is 11.4 Å². The molecule has 0 aliphatic heterocycles. The van der Waals surface area contributed by atoms with Crippen LogP contribution in [-0.2, 0) is 4.74 Å². The second kappa shape index (κ2) is 6.96. The van der Waals surface area contributed by atoms with Crippen LogP contribution < -0.4 is 5.32 Å². The van der Waals surface area contributed by atoms with Crippen molar-refractivity contribution in [2.45, 2.75) is 0 Å². The molecule has 7 heteroatoms. The summed E-state index contributed by atoms with van der Waals surface area (Å²) in [7, 11) is 1.29. The molecular formula is C18H13FN2O4. The molecule has 0 saturated heterocycles. The van der Waals surface area contributed by atoms with Crippen LogP contribution in [0, 0.1) is 5.82 Å². The van der Waals surface area contributed by atoms with Crippen molar-refractivity contribution < 1.29 is 23.2 Å². The van der Waals surface area contributed by atoms with Crippen LogP contribution >= 0.6 is 0 Å². The average Bonchev–Trinajstić information content (AvgIpc) is 3.12. The lowest BCUT2D eigenvalue weighted by Crippen LogP contribution is -2.12. The molecule has 2 aromatic carbocycles. The molecule has 0 saturated carbocycles. The van der Waals surface area contributed by atoms with Crippen molar-refractivity contribution in [3.63, 3.8) is 0 Å². The second-order valence-corrected chi connectivity index (χ2v) is 5.10. The van der Waals surface area contributed by atoms with Gasteiger partial charge in [-0.2, -0.15) is 0 Å². The molecular weight excluding hydrogens is 327 g/mol. The molecule has 0 radical (unpaired) electrons. The number of aromatic nitrogens is 1. The first-order chi connectivity index (χ1) is 12.1. The molecule has 0 bridgehead atoms. The van der Waals surface area contributed by atoms with Gasteiger partial charge < -0.3 is 14.6 Å². The summed E-state index contributed by atoms with van der Waals surface area (Å²) in [6.07, 6.45) is 1.29. The number of nitrogens with one attached hydrogen (secondary N) is 1. The summed E-state index contributed by atoms with van der Waals surface area (Å²) in [6, 6.07) is 11.8. The standard InChI is InChI=1S/C18H13FN2O4/c1-24-18(23)12-4-8-14(9-5-12)21-17(22)15-10-20-25-16(15)11-2-6-13(19)7-3-11/h2-10H,1H3,(H,21,22). The number of esters is 1.